The number of hydrogen-bond donors (Lipinski definition) is 1. The largest absolute Gasteiger partial charge is 0.573 e. The van der Waals surface area contributed by atoms with Crippen LogP contribution in [0.2, 0.25) is 0 Å². The maximum absolute atomic E-state index is 12.2. The number of rotatable bonds is 5. The molecule has 0 bridgehead atoms. The zero-order chi connectivity index (χ0) is 19.3. The summed E-state index contributed by atoms with van der Waals surface area (Å²) in [5.41, 5.74) is 2.39. The van der Waals surface area contributed by atoms with Gasteiger partial charge in [-0.3, -0.25) is 4.79 Å². The summed E-state index contributed by atoms with van der Waals surface area (Å²) < 4.78 is 42.0. The Hall–Kier alpha value is -3.35. The number of nitrogens with one attached hydrogen (secondary N) is 1. The molecule has 7 heteroatoms. The minimum absolute atomic E-state index is 0.0709. The van der Waals surface area contributed by atoms with Gasteiger partial charge in [-0.05, 0) is 35.9 Å². The van der Waals surface area contributed by atoms with Crippen LogP contribution in [0.15, 0.2) is 79.1 Å². The van der Waals surface area contributed by atoms with Crippen LogP contribution < -0.4 is 14.6 Å². The van der Waals surface area contributed by atoms with E-state index in [0.717, 1.165) is 23.3 Å². The standard InChI is InChI=1S/C20H15F3N2O2/c21-20(22,23)27-18-10-8-17(9-11-18)24-19(26)14-25-12-4-7-16(13-25)15-5-2-1-3-6-15/h1-13H,14H2/p+1. The molecule has 3 aromatic rings. The van der Waals surface area contributed by atoms with E-state index >= 15 is 0 Å². The van der Waals surface area contributed by atoms with Gasteiger partial charge < -0.3 is 10.1 Å². The molecule has 1 N–H and O–H groups in total. The van der Waals surface area contributed by atoms with Gasteiger partial charge in [-0.15, -0.1) is 13.2 Å². The lowest BCUT2D eigenvalue weighted by Crippen LogP contribution is -2.39. The number of anilines is 1. The van der Waals surface area contributed by atoms with Crippen LogP contribution in [0.1, 0.15) is 0 Å². The number of amides is 1. The summed E-state index contributed by atoms with van der Waals surface area (Å²) in [6.07, 6.45) is -1.12. The van der Waals surface area contributed by atoms with E-state index in [4.69, 9.17) is 0 Å². The van der Waals surface area contributed by atoms with Crippen LogP contribution in [0.3, 0.4) is 0 Å². The number of halogens is 3. The van der Waals surface area contributed by atoms with E-state index in [-0.39, 0.29) is 18.2 Å². The van der Waals surface area contributed by atoms with Crippen molar-refractivity contribution in [3.63, 3.8) is 0 Å². The Kier molecular flexibility index (Phi) is 5.40. The second kappa shape index (κ2) is 7.90. The van der Waals surface area contributed by atoms with E-state index in [1.165, 1.54) is 12.1 Å². The van der Waals surface area contributed by atoms with Gasteiger partial charge in [0.15, 0.2) is 12.4 Å². The monoisotopic (exact) mass is 373 g/mol. The van der Waals surface area contributed by atoms with Crippen LogP contribution in [-0.2, 0) is 11.3 Å². The molecule has 138 valence electrons. The summed E-state index contributed by atoms with van der Waals surface area (Å²) in [6, 6.07) is 18.5. The average molecular weight is 373 g/mol. The van der Waals surface area contributed by atoms with Crippen molar-refractivity contribution in [3.8, 4) is 16.9 Å². The number of hydrogen-bond acceptors (Lipinski definition) is 2. The SMILES string of the molecule is O=C(C[n+]1cccc(-c2ccccc2)c1)Nc1ccc(OC(F)(F)F)cc1. The van der Waals surface area contributed by atoms with E-state index in [9.17, 15) is 18.0 Å². The molecule has 0 fully saturated rings. The third kappa shape index (κ3) is 5.57. The number of ether oxygens (including phenoxy) is 1. The first-order valence-corrected chi connectivity index (χ1v) is 8.09. The molecule has 0 unspecified atom stereocenters. The van der Waals surface area contributed by atoms with E-state index < -0.39 is 6.36 Å². The van der Waals surface area contributed by atoms with Crippen LogP contribution in [-0.4, -0.2) is 12.3 Å². The molecule has 1 amide bonds. The van der Waals surface area contributed by atoms with Gasteiger partial charge in [0.25, 0.3) is 5.91 Å². The smallest absolute Gasteiger partial charge is 0.406 e. The lowest BCUT2D eigenvalue weighted by molar-refractivity contribution is -0.683. The molecule has 27 heavy (non-hydrogen) atoms. The Morgan fingerprint density at radius 3 is 2.26 bits per heavy atom. The number of carbonyl (C=O) groups is 1. The molecule has 0 atom stereocenters. The van der Waals surface area contributed by atoms with Gasteiger partial charge in [-0.2, -0.15) is 4.57 Å². The summed E-state index contributed by atoms with van der Waals surface area (Å²) in [4.78, 5) is 12.2. The second-order valence-electron chi connectivity index (χ2n) is 5.75. The lowest BCUT2D eigenvalue weighted by atomic mass is 10.1. The highest BCUT2D eigenvalue weighted by atomic mass is 19.4. The third-order valence-electron chi connectivity index (χ3n) is 3.66. The van der Waals surface area contributed by atoms with Crippen molar-refractivity contribution in [2.24, 2.45) is 0 Å². The van der Waals surface area contributed by atoms with Crippen molar-refractivity contribution in [1.82, 2.24) is 0 Å². The Balaban J connectivity index is 1.63. The minimum atomic E-state index is -4.74. The summed E-state index contributed by atoms with van der Waals surface area (Å²) >= 11 is 0. The summed E-state index contributed by atoms with van der Waals surface area (Å²) in [5, 5.41) is 2.64. The van der Waals surface area contributed by atoms with Crippen LogP contribution >= 0.6 is 0 Å². The van der Waals surface area contributed by atoms with Gasteiger partial charge in [0.05, 0.1) is 0 Å². The molecular formula is C20H16F3N2O2+. The Bertz CT molecular complexity index is 911. The minimum Gasteiger partial charge on any atom is -0.406 e. The van der Waals surface area contributed by atoms with Crippen molar-refractivity contribution < 1.29 is 27.3 Å². The first kappa shape index (κ1) is 18.4. The Labute approximate surface area is 153 Å². The number of aromatic nitrogens is 1. The van der Waals surface area contributed by atoms with Crippen molar-refractivity contribution in [3.05, 3.63) is 79.1 Å². The van der Waals surface area contributed by atoms with Crippen molar-refractivity contribution in [2.75, 3.05) is 5.32 Å². The molecule has 0 saturated heterocycles. The highest BCUT2D eigenvalue weighted by Gasteiger charge is 2.30. The molecule has 0 spiro atoms. The highest BCUT2D eigenvalue weighted by molar-refractivity contribution is 5.89. The summed E-state index contributed by atoms with van der Waals surface area (Å²) in [5.74, 6) is -0.639. The van der Waals surface area contributed by atoms with Gasteiger partial charge in [-0.1, -0.05) is 30.3 Å². The van der Waals surface area contributed by atoms with Crippen LogP contribution in [0.5, 0.6) is 5.75 Å². The zero-order valence-electron chi connectivity index (χ0n) is 14.1. The molecule has 3 rings (SSSR count). The number of benzene rings is 2. The lowest BCUT2D eigenvalue weighted by Gasteiger charge is -2.09. The van der Waals surface area contributed by atoms with Crippen LogP contribution in [0, 0.1) is 0 Å². The molecule has 4 nitrogen and oxygen atoms in total. The van der Waals surface area contributed by atoms with Gasteiger partial charge in [0.1, 0.15) is 5.75 Å². The van der Waals surface area contributed by atoms with Crippen molar-refractivity contribution >= 4 is 11.6 Å². The normalized spacial score (nSPS) is 11.1. The number of nitrogens with zero attached hydrogens (tertiary/aromatic N) is 1. The number of pyridine rings is 1. The first-order chi connectivity index (χ1) is 12.9. The molecule has 1 aromatic heterocycles. The maximum atomic E-state index is 12.2. The Morgan fingerprint density at radius 2 is 1.59 bits per heavy atom. The first-order valence-electron chi connectivity index (χ1n) is 8.09. The average Bonchev–Trinajstić information content (AvgIpc) is 2.63. The fraction of sp³-hybridized carbons (Fsp3) is 0.100. The maximum Gasteiger partial charge on any atom is 0.573 e. The van der Waals surface area contributed by atoms with E-state index in [0.29, 0.717) is 5.69 Å². The van der Waals surface area contributed by atoms with E-state index in [1.807, 2.05) is 48.7 Å². The number of carbonyl (C=O) groups excluding carboxylic acids is 1. The van der Waals surface area contributed by atoms with Crippen molar-refractivity contribution in [2.45, 2.75) is 12.9 Å². The van der Waals surface area contributed by atoms with Gasteiger partial charge >= 0.3 is 6.36 Å². The molecule has 0 aliphatic rings. The predicted molar refractivity (Wildman–Crippen MR) is 93.8 cm³/mol. The summed E-state index contributed by atoms with van der Waals surface area (Å²) in [7, 11) is 0. The Morgan fingerprint density at radius 1 is 0.926 bits per heavy atom. The van der Waals surface area contributed by atoms with Crippen molar-refractivity contribution in [1.29, 1.82) is 0 Å². The molecule has 0 aliphatic carbocycles. The topological polar surface area (TPSA) is 42.2 Å². The molecule has 2 aromatic carbocycles. The molecule has 0 aliphatic heterocycles. The molecule has 1 heterocycles. The zero-order valence-corrected chi connectivity index (χ0v) is 14.1. The fourth-order valence-corrected chi connectivity index (χ4v) is 2.53. The molecule has 0 radical (unpaired) electrons. The van der Waals surface area contributed by atoms with E-state index in [2.05, 4.69) is 10.1 Å². The quantitative estimate of drug-likeness (QED) is 0.682. The van der Waals surface area contributed by atoms with Crippen LogP contribution in [0.4, 0.5) is 18.9 Å². The van der Waals surface area contributed by atoms with E-state index in [1.54, 1.807) is 10.8 Å². The van der Waals surface area contributed by atoms with Gasteiger partial charge in [-0.25, -0.2) is 0 Å². The van der Waals surface area contributed by atoms with Gasteiger partial charge in [0.2, 0.25) is 6.54 Å². The number of alkyl halides is 3. The molecule has 0 saturated carbocycles. The second-order valence-corrected chi connectivity index (χ2v) is 5.75. The highest BCUT2D eigenvalue weighted by Crippen LogP contribution is 2.24. The predicted octanol–water partition coefficient (Wildman–Crippen LogP) is 4.18. The molecular weight excluding hydrogens is 357 g/mol. The fourth-order valence-electron chi connectivity index (χ4n) is 2.53. The summed E-state index contributed by atoms with van der Waals surface area (Å²) in [6.45, 7) is 0.0709. The van der Waals surface area contributed by atoms with Gasteiger partial charge in [0, 0.05) is 17.3 Å². The van der Waals surface area contributed by atoms with Crippen LogP contribution in [0.25, 0.3) is 11.1 Å². The third-order valence-corrected chi connectivity index (χ3v) is 3.66.